The molecule has 4 heteroatoms. The third-order valence-electron chi connectivity index (χ3n) is 2.91. The average molecular weight is 299 g/mol. The summed E-state index contributed by atoms with van der Waals surface area (Å²) in [5.41, 5.74) is 1.04. The molecule has 1 amide bonds. The zero-order chi connectivity index (χ0) is 15.8. The molecular weight excluding hydrogens is 281 g/mol. The van der Waals surface area contributed by atoms with Crippen LogP contribution >= 0.6 is 0 Å². The van der Waals surface area contributed by atoms with Crippen LogP contribution in [-0.4, -0.2) is 12.5 Å². The lowest BCUT2D eigenvalue weighted by Crippen LogP contribution is -2.08. The van der Waals surface area contributed by atoms with Gasteiger partial charge < -0.3 is 10.1 Å². The Morgan fingerprint density at radius 1 is 1.18 bits per heavy atom. The standard InChI is InChI=1S/C18H18FNO2/c1-2-13-22-15-10-7-14(8-11-15)9-12-18(21)20-17-6-4-3-5-16(17)19/h3-12H,2,13H2,1H3,(H,20,21). The average Bonchev–Trinajstić information content (AvgIpc) is 2.54. The summed E-state index contributed by atoms with van der Waals surface area (Å²) in [7, 11) is 0. The van der Waals surface area contributed by atoms with Crippen LogP contribution in [0.4, 0.5) is 10.1 Å². The number of halogens is 1. The highest BCUT2D eigenvalue weighted by atomic mass is 19.1. The minimum atomic E-state index is -0.457. The van der Waals surface area contributed by atoms with Crippen LogP contribution in [0.25, 0.3) is 6.08 Å². The first-order valence-electron chi connectivity index (χ1n) is 7.15. The molecule has 2 aromatic rings. The van der Waals surface area contributed by atoms with Crippen molar-refractivity contribution in [3.63, 3.8) is 0 Å². The number of ether oxygens (including phenoxy) is 1. The maximum Gasteiger partial charge on any atom is 0.248 e. The van der Waals surface area contributed by atoms with Crippen LogP contribution in [0, 0.1) is 5.82 Å². The van der Waals surface area contributed by atoms with Crippen molar-refractivity contribution in [2.45, 2.75) is 13.3 Å². The van der Waals surface area contributed by atoms with Crippen LogP contribution in [0.3, 0.4) is 0 Å². The molecule has 0 fully saturated rings. The van der Waals surface area contributed by atoms with E-state index in [1.165, 1.54) is 18.2 Å². The molecule has 0 aliphatic heterocycles. The topological polar surface area (TPSA) is 38.3 Å². The quantitative estimate of drug-likeness (QED) is 0.809. The Kier molecular flexibility index (Phi) is 5.72. The fraction of sp³-hybridized carbons (Fsp3) is 0.167. The van der Waals surface area contributed by atoms with Crippen LogP contribution in [-0.2, 0) is 4.79 Å². The van der Waals surface area contributed by atoms with E-state index < -0.39 is 5.82 Å². The number of para-hydroxylation sites is 1. The van der Waals surface area contributed by atoms with Crippen LogP contribution in [0.5, 0.6) is 5.75 Å². The van der Waals surface area contributed by atoms with Gasteiger partial charge in [-0.25, -0.2) is 4.39 Å². The number of benzene rings is 2. The first-order chi connectivity index (χ1) is 10.7. The van der Waals surface area contributed by atoms with Gasteiger partial charge in [-0.05, 0) is 42.3 Å². The molecule has 22 heavy (non-hydrogen) atoms. The van der Waals surface area contributed by atoms with E-state index in [1.54, 1.807) is 18.2 Å². The second-order valence-corrected chi connectivity index (χ2v) is 4.72. The lowest BCUT2D eigenvalue weighted by molar-refractivity contribution is -0.111. The van der Waals surface area contributed by atoms with Crippen molar-refractivity contribution in [3.8, 4) is 5.75 Å². The fourth-order valence-corrected chi connectivity index (χ4v) is 1.80. The zero-order valence-electron chi connectivity index (χ0n) is 12.4. The van der Waals surface area contributed by atoms with E-state index in [1.807, 2.05) is 31.2 Å². The molecule has 2 aromatic carbocycles. The molecule has 0 aliphatic carbocycles. The van der Waals surface area contributed by atoms with E-state index in [0.29, 0.717) is 6.61 Å². The van der Waals surface area contributed by atoms with Gasteiger partial charge in [0.2, 0.25) is 5.91 Å². The van der Waals surface area contributed by atoms with Gasteiger partial charge in [0, 0.05) is 6.08 Å². The highest BCUT2D eigenvalue weighted by Gasteiger charge is 2.02. The van der Waals surface area contributed by atoms with Gasteiger partial charge in [0.25, 0.3) is 0 Å². The molecule has 1 N–H and O–H groups in total. The molecule has 0 atom stereocenters. The second-order valence-electron chi connectivity index (χ2n) is 4.72. The Hall–Kier alpha value is -2.62. The van der Waals surface area contributed by atoms with Crippen molar-refractivity contribution in [3.05, 3.63) is 66.0 Å². The number of amides is 1. The summed E-state index contributed by atoms with van der Waals surface area (Å²) in [5.74, 6) is -0.0344. The monoisotopic (exact) mass is 299 g/mol. The van der Waals surface area contributed by atoms with E-state index in [-0.39, 0.29) is 11.6 Å². The smallest absolute Gasteiger partial charge is 0.248 e. The Morgan fingerprint density at radius 2 is 1.91 bits per heavy atom. The first-order valence-corrected chi connectivity index (χ1v) is 7.15. The van der Waals surface area contributed by atoms with Gasteiger partial charge in [0.15, 0.2) is 0 Å². The molecular formula is C18H18FNO2. The van der Waals surface area contributed by atoms with Crippen molar-refractivity contribution >= 4 is 17.7 Å². The molecule has 114 valence electrons. The van der Waals surface area contributed by atoms with E-state index in [2.05, 4.69) is 5.32 Å². The SMILES string of the molecule is CCCOc1ccc(C=CC(=O)Nc2ccccc2F)cc1. The summed E-state index contributed by atoms with van der Waals surface area (Å²) in [6.07, 6.45) is 3.99. The van der Waals surface area contributed by atoms with Crippen molar-refractivity contribution in [2.75, 3.05) is 11.9 Å². The molecule has 0 bridgehead atoms. The summed E-state index contributed by atoms with van der Waals surface area (Å²) in [4.78, 5) is 11.8. The van der Waals surface area contributed by atoms with Crippen LogP contribution in [0.1, 0.15) is 18.9 Å². The number of carbonyl (C=O) groups excluding carboxylic acids is 1. The van der Waals surface area contributed by atoms with Gasteiger partial charge in [-0.3, -0.25) is 4.79 Å². The number of hydrogen-bond acceptors (Lipinski definition) is 2. The van der Waals surface area contributed by atoms with Crippen LogP contribution < -0.4 is 10.1 Å². The minimum Gasteiger partial charge on any atom is -0.494 e. The molecule has 0 aromatic heterocycles. The Labute approximate surface area is 129 Å². The number of nitrogens with one attached hydrogen (secondary N) is 1. The zero-order valence-corrected chi connectivity index (χ0v) is 12.4. The summed E-state index contributed by atoms with van der Waals surface area (Å²) in [6.45, 7) is 2.73. The Bertz CT molecular complexity index is 650. The van der Waals surface area contributed by atoms with E-state index in [0.717, 1.165) is 17.7 Å². The molecule has 2 rings (SSSR count). The molecule has 0 heterocycles. The van der Waals surface area contributed by atoms with E-state index >= 15 is 0 Å². The Morgan fingerprint density at radius 3 is 2.59 bits per heavy atom. The fourth-order valence-electron chi connectivity index (χ4n) is 1.80. The molecule has 0 radical (unpaired) electrons. The minimum absolute atomic E-state index is 0.167. The van der Waals surface area contributed by atoms with Crippen molar-refractivity contribution < 1.29 is 13.9 Å². The lowest BCUT2D eigenvalue weighted by atomic mass is 10.2. The third-order valence-corrected chi connectivity index (χ3v) is 2.91. The third kappa shape index (κ3) is 4.74. The highest BCUT2D eigenvalue weighted by Crippen LogP contribution is 2.14. The predicted molar refractivity (Wildman–Crippen MR) is 86.3 cm³/mol. The van der Waals surface area contributed by atoms with Crippen molar-refractivity contribution in [1.82, 2.24) is 0 Å². The van der Waals surface area contributed by atoms with E-state index in [9.17, 15) is 9.18 Å². The normalized spacial score (nSPS) is 10.6. The van der Waals surface area contributed by atoms with Gasteiger partial charge in [0.05, 0.1) is 12.3 Å². The first kappa shape index (κ1) is 15.8. The Balaban J connectivity index is 1.93. The molecule has 0 aliphatic rings. The highest BCUT2D eigenvalue weighted by molar-refractivity contribution is 6.01. The van der Waals surface area contributed by atoms with Crippen LogP contribution in [0.15, 0.2) is 54.6 Å². The summed E-state index contributed by atoms with van der Waals surface area (Å²) in [5, 5.41) is 2.49. The van der Waals surface area contributed by atoms with Crippen molar-refractivity contribution in [2.24, 2.45) is 0 Å². The van der Waals surface area contributed by atoms with E-state index in [4.69, 9.17) is 4.74 Å². The molecule has 3 nitrogen and oxygen atoms in total. The largest absolute Gasteiger partial charge is 0.494 e. The predicted octanol–water partition coefficient (Wildman–Crippen LogP) is 4.27. The van der Waals surface area contributed by atoms with Gasteiger partial charge in [0.1, 0.15) is 11.6 Å². The molecule has 0 saturated heterocycles. The summed E-state index contributed by atoms with van der Waals surface area (Å²) >= 11 is 0. The van der Waals surface area contributed by atoms with Gasteiger partial charge >= 0.3 is 0 Å². The maximum absolute atomic E-state index is 13.4. The number of anilines is 1. The molecule has 0 saturated carbocycles. The summed E-state index contributed by atoms with van der Waals surface area (Å²) in [6, 6.07) is 13.5. The number of rotatable bonds is 6. The maximum atomic E-state index is 13.4. The summed E-state index contributed by atoms with van der Waals surface area (Å²) < 4.78 is 18.9. The van der Waals surface area contributed by atoms with Gasteiger partial charge in [-0.1, -0.05) is 31.2 Å². The lowest BCUT2D eigenvalue weighted by Gasteiger charge is -2.04. The molecule has 0 unspecified atom stereocenters. The molecule has 0 spiro atoms. The number of carbonyl (C=O) groups is 1. The number of hydrogen-bond donors (Lipinski definition) is 1. The van der Waals surface area contributed by atoms with Gasteiger partial charge in [-0.2, -0.15) is 0 Å². The second kappa shape index (κ2) is 7.98. The van der Waals surface area contributed by atoms with Crippen molar-refractivity contribution in [1.29, 1.82) is 0 Å². The van der Waals surface area contributed by atoms with Gasteiger partial charge in [-0.15, -0.1) is 0 Å². The van der Waals surface area contributed by atoms with Crippen LogP contribution in [0.2, 0.25) is 0 Å².